The molecule has 0 spiro atoms. The Kier molecular flexibility index (Phi) is 3.72. The van der Waals surface area contributed by atoms with Crippen LogP contribution >= 0.6 is 0 Å². The van der Waals surface area contributed by atoms with Crippen LogP contribution in [0.2, 0.25) is 0 Å². The molecule has 0 aromatic carbocycles. The molecule has 0 bridgehead atoms. The molecule has 0 amide bonds. The molecule has 0 N–H and O–H groups in total. The summed E-state index contributed by atoms with van der Waals surface area (Å²) in [6, 6.07) is 2.23. The highest BCUT2D eigenvalue weighted by atomic mass is 16.5. The van der Waals surface area contributed by atoms with Crippen molar-refractivity contribution in [1.82, 2.24) is 0 Å². The summed E-state index contributed by atoms with van der Waals surface area (Å²) >= 11 is 0. The molecule has 18 heavy (non-hydrogen) atoms. The van der Waals surface area contributed by atoms with E-state index in [2.05, 4.69) is 38.6 Å². The maximum atomic E-state index is 9.17. The van der Waals surface area contributed by atoms with Gasteiger partial charge in [-0.1, -0.05) is 31.2 Å². The van der Waals surface area contributed by atoms with Crippen LogP contribution in [-0.2, 0) is 4.74 Å². The third-order valence-corrected chi connectivity index (χ3v) is 3.53. The summed E-state index contributed by atoms with van der Waals surface area (Å²) in [5, 5.41) is 9.17. The SMILES string of the molecule is C=C1CC=CC(C)C1OC1=C(C#N)C=C(C)CC1. The van der Waals surface area contributed by atoms with Crippen LogP contribution in [0.4, 0.5) is 0 Å². The third-order valence-electron chi connectivity index (χ3n) is 3.53. The molecule has 0 saturated carbocycles. The van der Waals surface area contributed by atoms with Gasteiger partial charge in [-0.3, -0.25) is 0 Å². The fraction of sp³-hybridized carbons (Fsp3) is 0.438. The molecular formula is C16H19NO. The Balaban J connectivity index is 2.21. The Morgan fingerprint density at radius 2 is 2.22 bits per heavy atom. The Morgan fingerprint density at radius 3 is 2.89 bits per heavy atom. The van der Waals surface area contributed by atoms with E-state index in [0.717, 1.165) is 30.6 Å². The second-order valence-electron chi connectivity index (χ2n) is 5.13. The van der Waals surface area contributed by atoms with Crippen LogP contribution in [0.3, 0.4) is 0 Å². The van der Waals surface area contributed by atoms with Gasteiger partial charge < -0.3 is 4.74 Å². The topological polar surface area (TPSA) is 33.0 Å². The first-order valence-electron chi connectivity index (χ1n) is 6.43. The van der Waals surface area contributed by atoms with Gasteiger partial charge >= 0.3 is 0 Å². The van der Waals surface area contributed by atoms with Gasteiger partial charge in [-0.25, -0.2) is 0 Å². The zero-order chi connectivity index (χ0) is 13.1. The highest BCUT2D eigenvalue weighted by Gasteiger charge is 2.25. The minimum absolute atomic E-state index is 0.0140. The Bertz CT molecular complexity index is 488. The van der Waals surface area contributed by atoms with E-state index >= 15 is 0 Å². The van der Waals surface area contributed by atoms with Crippen LogP contribution in [0.5, 0.6) is 0 Å². The predicted octanol–water partition coefficient (Wildman–Crippen LogP) is 4.04. The van der Waals surface area contributed by atoms with Crippen LogP contribution in [-0.4, -0.2) is 6.10 Å². The molecule has 2 rings (SSSR count). The molecule has 0 fully saturated rings. The first-order chi connectivity index (χ1) is 8.61. The summed E-state index contributed by atoms with van der Waals surface area (Å²) in [5.41, 5.74) is 3.02. The molecule has 2 nitrogen and oxygen atoms in total. The minimum atomic E-state index is 0.0140. The number of ether oxygens (including phenoxy) is 1. The van der Waals surface area contributed by atoms with E-state index in [4.69, 9.17) is 4.74 Å². The maximum absolute atomic E-state index is 9.17. The van der Waals surface area contributed by atoms with E-state index in [1.165, 1.54) is 5.57 Å². The van der Waals surface area contributed by atoms with Gasteiger partial charge in [0.25, 0.3) is 0 Å². The molecule has 2 aliphatic rings. The standard InChI is InChI=1S/C16H19NO/c1-11-7-8-15(14(9-11)10-17)18-16-12(2)5-4-6-13(16)3/h4,6,9,13,16H,2,5,7-8H2,1,3H3. The smallest absolute Gasteiger partial charge is 0.125 e. The molecule has 0 aliphatic heterocycles. The Morgan fingerprint density at radius 1 is 1.44 bits per heavy atom. The lowest BCUT2D eigenvalue weighted by atomic mass is 9.90. The summed E-state index contributed by atoms with van der Waals surface area (Å²) in [5.74, 6) is 1.15. The van der Waals surface area contributed by atoms with Crippen molar-refractivity contribution in [2.24, 2.45) is 5.92 Å². The third kappa shape index (κ3) is 2.56. The summed E-state index contributed by atoms with van der Waals surface area (Å²) in [6.07, 6.45) is 8.92. The molecule has 2 atom stereocenters. The largest absolute Gasteiger partial charge is 0.488 e. The second-order valence-corrected chi connectivity index (χ2v) is 5.13. The average Bonchev–Trinajstić information content (AvgIpc) is 2.35. The van der Waals surface area contributed by atoms with Crippen LogP contribution in [0.25, 0.3) is 0 Å². The van der Waals surface area contributed by atoms with Crippen LogP contribution in [0.1, 0.15) is 33.1 Å². The number of rotatable bonds is 2. The normalized spacial score (nSPS) is 27.8. The van der Waals surface area contributed by atoms with Gasteiger partial charge in [0.2, 0.25) is 0 Å². The van der Waals surface area contributed by atoms with E-state index in [-0.39, 0.29) is 6.10 Å². The van der Waals surface area contributed by atoms with Crippen molar-refractivity contribution in [3.63, 3.8) is 0 Å². The first kappa shape index (κ1) is 12.7. The highest BCUT2D eigenvalue weighted by Crippen LogP contribution is 2.31. The lowest BCUT2D eigenvalue weighted by molar-refractivity contribution is 0.103. The van der Waals surface area contributed by atoms with Crippen molar-refractivity contribution >= 4 is 0 Å². The van der Waals surface area contributed by atoms with Crippen LogP contribution in [0, 0.1) is 17.2 Å². The number of nitriles is 1. The Labute approximate surface area is 109 Å². The van der Waals surface area contributed by atoms with Crippen LogP contribution < -0.4 is 0 Å². The van der Waals surface area contributed by atoms with Crippen LogP contribution in [0.15, 0.2) is 47.3 Å². The Hall–Kier alpha value is -1.75. The highest BCUT2D eigenvalue weighted by molar-refractivity contribution is 5.41. The number of hydrogen-bond acceptors (Lipinski definition) is 2. The molecular weight excluding hydrogens is 222 g/mol. The van der Waals surface area contributed by atoms with Crippen molar-refractivity contribution in [3.05, 3.63) is 47.3 Å². The van der Waals surface area contributed by atoms with Crippen molar-refractivity contribution in [1.29, 1.82) is 5.26 Å². The zero-order valence-corrected chi connectivity index (χ0v) is 11.1. The monoisotopic (exact) mass is 241 g/mol. The van der Waals surface area contributed by atoms with Gasteiger partial charge in [0.15, 0.2) is 0 Å². The fourth-order valence-electron chi connectivity index (χ4n) is 2.43. The fourth-order valence-corrected chi connectivity index (χ4v) is 2.43. The minimum Gasteiger partial charge on any atom is -0.488 e. The van der Waals surface area contributed by atoms with Crippen molar-refractivity contribution in [3.8, 4) is 6.07 Å². The molecule has 0 saturated heterocycles. The molecule has 0 radical (unpaired) electrons. The average molecular weight is 241 g/mol. The molecule has 2 unspecified atom stereocenters. The number of nitrogens with zero attached hydrogens (tertiary/aromatic N) is 1. The molecule has 2 heteroatoms. The summed E-state index contributed by atoms with van der Waals surface area (Å²) in [6.45, 7) is 8.26. The maximum Gasteiger partial charge on any atom is 0.125 e. The summed E-state index contributed by atoms with van der Waals surface area (Å²) in [4.78, 5) is 0. The number of allylic oxidation sites excluding steroid dienone is 5. The van der Waals surface area contributed by atoms with E-state index < -0.39 is 0 Å². The summed E-state index contributed by atoms with van der Waals surface area (Å²) in [7, 11) is 0. The molecule has 0 aromatic rings. The van der Waals surface area contributed by atoms with Gasteiger partial charge in [-0.05, 0) is 31.4 Å². The quantitative estimate of drug-likeness (QED) is 0.683. The van der Waals surface area contributed by atoms with Gasteiger partial charge in [0, 0.05) is 12.3 Å². The second kappa shape index (κ2) is 5.27. The van der Waals surface area contributed by atoms with Gasteiger partial charge in [-0.2, -0.15) is 5.26 Å². The van der Waals surface area contributed by atoms with E-state index in [1.54, 1.807) is 0 Å². The van der Waals surface area contributed by atoms with Crippen molar-refractivity contribution < 1.29 is 4.74 Å². The van der Waals surface area contributed by atoms with E-state index in [0.29, 0.717) is 11.5 Å². The van der Waals surface area contributed by atoms with Crippen molar-refractivity contribution in [2.75, 3.05) is 0 Å². The molecule has 0 aromatic heterocycles. The number of hydrogen-bond donors (Lipinski definition) is 0. The lowest BCUT2D eigenvalue weighted by Gasteiger charge is -2.30. The zero-order valence-electron chi connectivity index (χ0n) is 11.1. The van der Waals surface area contributed by atoms with E-state index in [9.17, 15) is 5.26 Å². The molecule has 94 valence electrons. The van der Waals surface area contributed by atoms with Crippen molar-refractivity contribution in [2.45, 2.75) is 39.2 Å². The summed E-state index contributed by atoms with van der Waals surface area (Å²) < 4.78 is 6.07. The molecule has 2 aliphatic carbocycles. The molecule has 0 heterocycles. The lowest BCUT2D eigenvalue weighted by Crippen LogP contribution is -2.25. The predicted molar refractivity (Wildman–Crippen MR) is 72.6 cm³/mol. The van der Waals surface area contributed by atoms with Gasteiger partial charge in [0.05, 0.1) is 5.57 Å². The van der Waals surface area contributed by atoms with E-state index in [1.807, 2.05) is 6.08 Å². The first-order valence-corrected chi connectivity index (χ1v) is 6.43. The van der Waals surface area contributed by atoms with Gasteiger partial charge in [0.1, 0.15) is 17.9 Å². The van der Waals surface area contributed by atoms with Gasteiger partial charge in [-0.15, -0.1) is 0 Å².